The number of nitrogens with zero attached hydrogens (tertiary/aromatic N) is 2. The summed E-state index contributed by atoms with van der Waals surface area (Å²) >= 11 is 0. The van der Waals surface area contributed by atoms with Crippen LogP contribution in [0.4, 0.5) is 17.1 Å². The Morgan fingerprint density at radius 1 is 0.333 bits per heavy atom. The lowest BCUT2D eigenvalue weighted by Gasteiger charge is -2.30. The van der Waals surface area contributed by atoms with Crippen molar-refractivity contribution in [2.24, 2.45) is 0 Å². The molecule has 11 rings (SSSR count). The minimum Gasteiger partial charge on any atom is -0.310 e. The molecule has 0 saturated heterocycles. The second kappa shape index (κ2) is 15.2. The van der Waals surface area contributed by atoms with Crippen LogP contribution in [0.2, 0.25) is 0 Å². The lowest BCUT2D eigenvalue weighted by atomic mass is 9.84. The van der Waals surface area contributed by atoms with Crippen molar-refractivity contribution in [1.29, 1.82) is 0 Å². The fourth-order valence-electron chi connectivity index (χ4n) is 10.2. The molecule has 0 aliphatic heterocycles. The van der Waals surface area contributed by atoms with Crippen LogP contribution in [0.5, 0.6) is 0 Å². The standard InChI is InChI=1S/C64H58N2/c1-62(2,3)47-26-34-58-54(39-47)55-40-48(63(4,5)6)27-35-59(55)66(58)57-33-25-45-22-30-52-56(32-24-44-23-31-53(57)61(45)60(44)52)65(50-28-20-43(21-29-50)41-16-12-10-13-17-41)51-37-46(42-18-14-11-15-19-42)36-49(38-51)64(7,8)9/h10-40H,1-9H3. The highest BCUT2D eigenvalue weighted by atomic mass is 15.1. The summed E-state index contributed by atoms with van der Waals surface area (Å²) < 4.78 is 2.53. The molecule has 0 radical (unpaired) electrons. The van der Waals surface area contributed by atoms with Gasteiger partial charge >= 0.3 is 0 Å². The minimum absolute atomic E-state index is 0.0317. The van der Waals surface area contributed by atoms with Gasteiger partial charge in [-0.15, -0.1) is 0 Å². The summed E-state index contributed by atoms with van der Waals surface area (Å²) in [5.74, 6) is 0. The maximum Gasteiger partial charge on any atom is 0.0541 e. The Morgan fingerprint density at radius 3 is 1.38 bits per heavy atom. The SMILES string of the molecule is CC(C)(C)c1cc(-c2ccccc2)cc(N(c2ccc(-c3ccccc3)cc2)c2ccc3ccc4c(-n5c6ccc(C(C)(C)C)cc6c6cc(C(C)(C)C)ccc65)ccc5ccc2c3c54)c1. The molecule has 0 atom stereocenters. The topological polar surface area (TPSA) is 8.17 Å². The second-order valence-electron chi connectivity index (χ2n) is 21.5. The van der Waals surface area contributed by atoms with E-state index in [0.717, 1.165) is 17.1 Å². The minimum atomic E-state index is -0.0725. The van der Waals surface area contributed by atoms with E-state index in [0.29, 0.717) is 0 Å². The van der Waals surface area contributed by atoms with Crippen LogP contribution in [0.15, 0.2) is 188 Å². The quantitative estimate of drug-likeness (QED) is 0.151. The van der Waals surface area contributed by atoms with Gasteiger partial charge in [-0.25, -0.2) is 0 Å². The van der Waals surface area contributed by atoms with Gasteiger partial charge in [0.25, 0.3) is 0 Å². The monoisotopic (exact) mass is 854 g/mol. The molecule has 66 heavy (non-hydrogen) atoms. The Kier molecular flexibility index (Phi) is 9.57. The lowest BCUT2D eigenvalue weighted by Crippen LogP contribution is -2.15. The van der Waals surface area contributed by atoms with Gasteiger partial charge in [0.2, 0.25) is 0 Å². The van der Waals surface area contributed by atoms with E-state index in [1.165, 1.54) is 98.8 Å². The molecule has 2 heteroatoms. The van der Waals surface area contributed by atoms with Gasteiger partial charge in [0.15, 0.2) is 0 Å². The molecule has 1 heterocycles. The normalized spacial score (nSPS) is 12.6. The first-order valence-corrected chi connectivity index (χ1v) is 23.6. The van der Waals surface area contributed by atoms with Crippen LogP contribution < -0.4 is 4.90 Å². The number of benzene rings is 10. The number of hydrogen-bond acceptors (Lipinski definition) is 1. The van der Waals surface area contributed by atoms with Crippen molar-refractivity contribution in [3.05, 3.63) is 205 Å². The summed E-state index contributed by atoms with van der Waals surface area (Å²) in [5.41, 5.74) is 15.9. The average Bonchev–Trinajstić information content (AvgIpc) is 3.64. The zero-order valence-corrected chi connectivity index (χ0v) is 39.8. The van der Waals surface area contributed by atoms with E-state index in [-0.39, 0.29) is 16.2 Å². The number of rotatable bonds is 6. The lowest BCUT2D eigenvalue weighted by molar-refractivity contribution is 0.590. The van der Waals surface area contributed by atoms with Crippen molar-refractivity contribution < 1.29 is 0 Å². The van der Waals surface area contributed by atoms with E-state index in [2.05, 4.69) is 260 Å². The number of hydrogen-bond donors (Lipinski definition) is 0. The summed E-state index contributed by atoms with van der Waals surface area (Å²) in [4.78, 5) is 2.50. The highest BCUT2D eigenvalue weighted by Gasteiger charge is 2.25. The van der Waals surface area contributed by atoms with E-state index >= 15 is 0 Å². The van der Waals surface area contributed by atoms with Crippen molar-refractivity contribution in [2.75, 3.05) is 4.90 Å². The van der Waals surface area contributed by atoms with Gasteiger partial charge in [-0.1, -0.05) is 190 Å². The Hall–Kier alpha value is -7.16. The maximum absolute atomic E-state index is 2.53. The van der Waals surface area contributed by atoms with Gasteiger partial charge in [-0.2, -0.15) is 0 Å². The number of anilines is 3. The molecule has 0 bridgehead atoms. The fraction of sp³-hybridized carbons (Fsp3) is 0.188. The molecule has 0 spiro atoms. The first-order chi connectivity index (χ1) is 31.6. The second-order valence-corrected chi connectivity index (χ2v) is 21.5. The smallest absolute Gasteiger partial charge is 0.0541 e. The zero-order valence-electron chi connectivity index (χ0n) is 39.8. The van der Waals surface area contributed by atoms with Crippen LogP contribution >= 0.6 is 0 Å². The summed E-state index contributed by atoms with van der Waals surface area (Å²) in [6.45, 7) is 20.8. The van der Waals surface area contributed by atoms with E-state index < -0.39 is 0 Å². The molecule has 324 valence electrons. The predicted molar refractivity (Wildman–Crippen MR) is 286 cm³/mol. The molecule has 0 amide bonds. The molecule has 0 aliphatic carbocycles. The molecule has 10 aromatic carbocycles. The largest absolute Gasteiger partial charge is 0.310 e. The highest BCUT2D eigenvalue weighted by Crippen LogP contribution is 2.48. The third kappa shape index (κ3) is 7.02. The van der Waals surface area contributed by atoms with Crippen molar-refractivity contribution >= 4 is 71.2 Å². The van der Waals surface area contributed by atoms with Crippen LogP contribution in [-0.2, 0) is 16.2 Å². The van der Waals surface area contributed by atoms with Gasteiger partial charge in [-0.3, -0.25) is 0 Å². The Labute approximate surface area is 390 Å². The van der Waals surface area contributed by atoms with Crippen LogP contribution in [0, 0.1) is 0 Å². The van der Waals surface area contributed by atoms with E-state index in [9.17, 15) is 0 Å². The molecule has 11 aromatic rings. The average molecular weight is 855 g/mol. The third-order valence-electron chi connectivity index (χ3n) is 14.0. The Morgan fingerprint density at radius 2 is 0.818 bits per heavy atom. The van der Waals surface area contributed by atoms with Crippen molar-refractivity contribution in [3.8, 4) is 27.9 Å². The molecule has 2 nitrogen and oxygen atoms in total. The number of aromatic nitrogens is 1. The van der Waals surface area contributed by atoms with Crippen LogP contribution in [0.3, 0.4) is 0 Å². The Balaban J connectivity index is 1.17. The van der Waals surface area contributed by atoms with E-state index in [1.807, 2.05) is 0 Å². The molecule has 0 fully saturated rings. The van der Waals surface area contributed by atoms with Crippen LogP contribution in [-0.4, -0.2) is 4.57 Å². The van der Waals surface area contributed by atoms with Gasteiger partial charge in [-0.05, 0) is 137 Å². The van der Waals surface area contributed by atoms with Crippen molar-refractivity contribution in [3.63, 3.8) is 0 Å². The summed E-state index contributed by atoms with van der Waals surface area (Å²) in [5, 5.41) is 10.2. The summed E-state index contributed by atoms with van der Waals surface area (Å²) in [6, 6.07) is 70.9. The summed E-state index contributed by atoms with van der Waals surface area (Å²) in [7, 11) is 0. The number of fused-ring (bicyclic) bond motifs is 3. The van der Waals surface area contributed by atoms with Gasteiger partial charge in [0, 0.05) is 32.9 Å². The van der Waals surface area contributed by atoms with Gasteiger partial charge in [0.1, 0.15) is 0 Å². The highest BCUT2D eigenvalue weighted by molar-refractivity contribution is 6.27. The molecule has 1 aromatic heterocycles. The predicted octanol–water partition coefficient (Wildman–Crippen LogP) is 18.4. The van der Waals surface area contributed by atoms with E-state index in [1.54, 1.807) is 0 Å². The first kappa shape index (κ1) is 41.5. The summed E-state index contributed by atoms with van der Waals surface area (Å²) in [6.07, 6.45) is 0. The van der Waals surface area contributed by atoms with Crippen molar-refractivity contribution in [1.82, 2.24) is 4.57 Å². The zero-order chi connectivity index (χ0) is 45.7. The molecule has 0 aliphatic rings. The fourth-order valence-corrected chi connectivity index (χ4v) is 10.2. The first-order valence-electron chi connectivity index (χ1n) is 23.6. The molecule has 0 saturated carbocycles. The molecular weight excluding hydrogens is 797 g/mol. The molecule has 0 unspecified atom stereocenters. The van der Waals surface area contributed by atoms with Gasteiger partial charge < -0.3 is 9.47 Å². The molecular formula is C64H58N2. The van der Waals surface area contributed by atoms with Crippen LogP contribution in [0.25, 0.3) is 82.1 Å². The van der Waals surface area contributed by atoms with Crippen LogP contribution in [0.1, 0.15) is 79.0 Å². The Bertz CT molecular complexity index is 3540. The van der Waals surface area contributed by atoms with E-state index in [4.69, 9.17) is 0 Å². The molecule has 0 N–H and O–H groups in total. The maximum atomic E-state index is 2.53. The third-order valence-corrected chi connectivity index (χ3v) is 14.0. The van der Waals surface area contributed by atoms with Gasteiger partial charge in [0.05, 0.1) is 22.4 Å². The van der Waals surface area contributed by atoms with Crippen molar-refractivity contribution in [2.45, 2.75) is 78.6 Å².